The number of aromatic nitrogens is 2. The Kier molecular flexibility index (Phi) is 4.70. The van der Waals surface area contributed by atoms with Crippen LogP contribution in [0.1, 0.15) is 17.2 Å². The molecule has 1 atom stereocenters. The van der Waals surface area contributed by atoms with Crippen molar-refractivity contribution in [1.82, 2.24) is 10.1 Å². The maximum Gasteiger partial charge on any atom is 0.194 e. The van der Waals surface area contributed by atoms with Gasteiger partial charge in [0.25, 0.3) is 0 Å². The predicted molar refractivity (Wildman–Crippen MR) is 97.9 cm³/mol. The topological polar surface area (TPSA) is 72.3 Å². The Balaban J connectivity index is 1.93. The molecule has 8 heteroatoms. The molecule has 0 radical (unpaired) electrons. The third-order valence-corrected chi connectivity index (χ3v) is 4.42. The van der Waals surface area contributed by atoms with E-state index in [1.807, 2.05) is 0 Å². The van der Waals surface area contributed by atoms with Gasteiger partial charge in [-0.2, -0.15) is 0 Å². The van der Waals surface area contributed by atoms with Crippen molar-refractivity contribution >= 4 is 23.2 Å². The van der Waals surface area contributed by atoms with Crippen molar-refractivity contribution in [1.29, 1.82) is 0 Å². The molecule has 1 aromatic carbocycles. The molecule has 0 aliphatic carbocycles. The highest BCUT2D eigenvalue weighted by Gasteiger charge is 2.29. The van der Waals surface area contributed by atoms with Crippen LogP contribution < -0.4 is 0 Å². The summed E-state index contributed by atoms with van der Waals surface area (Å²) in [7, 11) is 0. The number of halogens is 3. The number of hydrogen-bond acceptors (Lipinski definition) is 5. The number of benzene rings is 1. The molecule has 1 N–H and O–H groups in total. The molecular weight excluding hydrogens is 394 g/mol. The summed E-state index contributed by atoms with van der Waals surface area (Å²) in [6, 6.07) is 10.6. The summed E-state index contributed by atoms with van der Waals surface area (Å²) in [5.41, 5.74) is 1.03. The number of furan rings is 1. The molecule has 0 fully saturated rings. The van der Waals surface area contributed by atoms with Gasteiger partial charge >= 0.3 is 0 Å². The highest BCUT2D eigenvalue weighted by molar-refractivity contribution is 6.30. The van der Waals surface area contributed by atoms with Crippen LogP contribution in [0.25, 0.3) is 22.8 Å². The lowest BCUT2D eigenvalue weighted by Crippen LogP contribution is -2.03. The summed E-state index contributed by atoms with van der Waals surface area (Å²) in [4.78, 5) is 4.01. The molecular formula is C19H11Cl2FN2O3. The highest BCUT2D eigenvalue weighted by Crippen LogP contribution is 2.40. The molecule has 0 aliphatic rings. The Bertz CT molecular complexity index is 1100. The van der Waals surface area contributed by atoms with Crippen molar-refractivity contribution in [2.24, 2.45) is 0 Å². The number of aliphatic hydroxyl groups excluding tert-OH is 1. The lowest BCUT2D eigenvalue weighted by molar-refractivity contribution is 0.220. The predicted octanol–water partition coefficient (Wildman–Crippen LogP) is 5.52. The van der Waals surface area contributed by atoms with E-state index >= 15 is 0 Å². The quantitative estimate of drug-likeness (QED) is 0.484. The van der Waals surface area contributed by atoms with Crippen molar-refractivity contribution < 1.29 is 18.4 Å². The van der Waals surface area contributed by atoms with E-state index in [0.717, 1.165) is 6.07 Å². The minimum absolute atomic E-state index is 0.0584. The SMILES string of the molecule is OC(c1cccnc1)c1c(-c2ccc(Cl)o2)noc1-c1ccc(Cl)cc1F. The first-order valence-electron chi connectivity index (χ1n) is 7.83. The van der Waals surface area contributed by atoms with E-state index < -0.39 is 11.9 Å². The molecule has 0 saturated carbocycles. The van der Waals surface area contributed by atoms with Crippen LogP contribution >= 0.6 is 23.2 Å². The van der Waals surface area contributed by atoms with Gasteiger partial charge in [0.05, 0.1) is 11.1 Å². The molecule has 136 valence electrons. The molecule has 1 unspecified atom stereocenters. The van der Waals surface area contributed by atoms with E-state index in [0.29, 0.717) is 5.56 Å². The first-order chi connectivity index (χ1) is 13.0. The summed E-state index contributed by atoms with van der Waals surface area (Å²) in [5.74, 6) is -0.271. The molecule has 4 aromatic rings. The Morgan fingerprint density at radius 3 is 2.63 bits per heavy atom. The third kappa shape index (κ3) is 3.35. The van der Waals surface area contributed by atoms with Gasteiger partial charge in [0.1, 0.15) is 11.9 Å². The largest absolute Gasteiger partial charge is 0.443 e. The number of pyridine rings is 1. The van der Waals surface area contributed by atoms with Gasteiger partial charge in [-0.25, -0.2) is 4.39 Å². The lowest BCUT2D eigenvalue weighted by atomic mass is 9.96. The fraction of sp³-hybridized carbons (Fsp3) is 0.0526. The number of hydrogen-bond donors (Lipinski definition) is 1. The Morgan fingerprint density at radius 2 is 1.96 bits per heavy atom. The van der Waals surface area contributed by atoms with Crippen LogP contribution in [0.5, 0.6) is 0 Å². The zero-order chi connectivity index (χ0) is 19.0. The molecule has 0 spiro atoms. The van der Waals surface area contributed by atoms with E-state index in [4.69, 9.17) is 32.1 Å². The second-order valence-electron chi connectivity index (χ2n) is 5.69. The highest BCUT2D eigenvalue weighted by atomic mass is 35.5. The van der Waals surface area contributed by atoms with Crippen molar-refractivity contribution in [2.45, 2.75) is 6.10 Å². The van der Waals surface area contributed by atoms with Gasteiger partial charge in [-0.3, -0.25) is 4.98 Å². The molecule has 5 nitrogen and oxygen atoms in total. The van der Waals surface area contributed by atoms with Crippen LogP contribution in [0.15, 0.2) is 63.8 Å². The monoisotopic (exact) mass is 404 g/mol. The third-order valence-electron chi connectivity index (χ3n) is 3.98. The van der Waals surface area contributed by atoms with Gasteiger partial charge < -0.3 is 14.0 Å². The first-order valence-corrected chi connectivity index (χ1v) is 8.59. The molecule has 0 bridgehead atoms. The molecule has 3 aromatic heterocycles. The smallest absolute Gasteiger partial charge is 0.194 e. The fourth-order valence-corrected chi connectivity index (χ4v) is 3.05. The minimum atomic E-state index is -1.19. The lowest BCUT2D eigenvalue weighted by Gasteiger charge is -2.12. The number of nitrogens with zero attached hydrogens (tertiary/aromatic N) is 2. The second-order valence-corrected chi connectivity index (χ2v) is 6.50. The first kappa shape index (κ1) is 17.7. The van der Waals surface area contributed by atoms with Gasteiger partial charge in [0.2, 0.25) is 0 Å². The maximum atomic E-state index is 14.5. The summed E-state index contributed by atoms with van der Waals surface area (Å²) < 4.78 is 25.3. The van der Waals surface area contributed by atoms with E-state index in [1.54, 1.807) is 24.4 Å². The average molecular weight is 405 g/mol. The summed E-state index contributed by atoms with van der Waals surface area (Å²) in [5, 5.41) is 15.3. The van der Waals surface area contributed by atoms with Gasteiger partial charge in [0.15, 0.2) is 22.4 Å². The van der Waals surface area contributed by atoms with Crippen molar-refractivity contribution in [3.05, 3.63) is 82.0 Å². The van der Waals surface area contributed by atoms with E-state index in [2.05, 4.69) is 10.1 Å². The van der Waals surface area contributed by atoms with Gasteiger partial charge in [0, 0.05) is 23.0 Å². The van der Waals surface area contributed by atoms with E-state index in [9.17, 15) is 9.50 Å². The van der Waals surface area contributed by atoms with Gasteiger partial charge in [-0.05, 0) is 48.0 Å². The molecule has 0 saturated heterocycles. The van der Waals surface area contributed by atoms with Crippen LogP contribution in [0, 0.1) is 5.82 Å². The molecule has 0 aliphatic heterocycles. The Hall–Kier alpha value is -2.67. The second kappa shape index (κ2) is 7.15. The van der Waals surface area contributed by atoms with Crippen LogP contribution in [0.3, 0.4) is 0 Å². The van der Waals surface area contributed by atoms with Crippen molar-refractivity contribution in [3.63, 3.8) is 0 Å². The van der Waals surface area contributed by atoms with Crippen molar-refractivity contribution in [2.75, 3.05) is 0 Å². The summed E-state index contributed by atoms with van der Waals surface area (Å²) in [6.07, 6.45) is 1.89. The van der Waals surface area contributed by atoms with Gasteiger partial charge in [-0.1, -0.05) is 22.8 Å². The summed E-state index contributed by atoms with van der Waals surface area (Å²) >= 11 is 11.7. The molecule has 27 heavy (non-hydrogen) atoms. The molecule has 4 rings (SSSR count). The van der Waals surface area contributed by atoms with Crippen LogP contribution in [-0.4, -0.2) is 15.2 Å². The summed E-state index contributed by atoms with van der Waals surface area (Å²) in [6.45, 7) is 0. The standard InChI is InChI=1S/C19H11Cl2FN2O3/c20-11-3-4-12(13(22)8-11)19-16(18(25)10-2-1-7-23-9-10)17(24-27-19)14-5-6-15(21)26-14/h1-9,18,25H. The Morgan fingerprint density at radius 1 is 1.11 bits per heavy atom. The molecule has 3 heterocycles. The zero-order valence-corrected chi connectivity index (χ0v) is 15.1. The van der Waals surface area contributed by atoms with Crippen molar-refractivity contribution in [3.8, 4) is 22.8 Å². The van der Waals surface area contributed by atoms with Crippen LogP contribution in [-0.2, 0) is 0 Å². The van der Waals surface area contributed by atoms with Crippen LogP contribution in [0.2, 0.25) is 10.2 Å². The molecule has 0 amide bonds. The zero-order valence-electron chi connectivity index (χ0n) is 13.6. The maximum absolute atomic E-state index is 14.5. The van der Waals surface area contributed by atoms with E-state index in [-0.39, 0.29) is 38.6 Å². The number of rotatable bonds is 4. The Labute approximate surface area is 163 Å². The minimum Gasteiger partial charge on any atom is -0.443 e. The van der Waals surface area contributed by atoms with E-state index in [1.165, 1.54) is 24.4 Å². The average Bonchev–Trinajstić information content (AvgIpc) is 3.28. The van der Waals surface area contributed by atoms with Crippen LogP contribution in [0.4, 0.5) is 4.39 Å². The van der Waals surface area contributed by atoms with Gasteiger partial charge in [-0.15, -0.1) is 0 Å². The normalized spacial score (nSPS) is 12.3. The number of aliphatic hydroxyl groups is 1. The fourth-order valence-electron chi connectivity index (χ4n) is 2.74.